The van der Waals surface area contributed by atoms with Crippen LogP contribution in [-0.4, -0.2) is 26.1 Å². The zero-order chi connectivity index (χ0) is 15.1. The highest BCUT2D eigenvalue weighted by molar-refractivity contribution is 5.64. The average Bonchev–Trinajstić information content (AvgIpc) is 2.39. The van der Waals surface area contributed by atoms with Gasteiger partial charge in [-0.3, -0.25) is 0 Å². The Labute approximate surface area is 117 Å². The van der Waals surface area contributed by atoms with Crippen LogP contribution in [-0.2, 0) is 14.2 Å². The number of amides is 1. The zero-order valence-electron chi connectivity index (χ0n) is 11.8. The van der Waals surface area contributed by atoms with Gasteiger partial charge in [0.05, 0.1) is 0 Å². The van der Waals surface area contributed by atoms with Gasteiger partial charge in [0.2, 0.25) is 0 Å². The fraction of sp³-hybridized carbons (Fsp3) is 0.500. The third kappa shape index (κ3) is 4.79. The van der Waals surface area contributed by atoms with Crippen molar-refractivity contribution >= 4 is 6.09 Å². The Kier molecular flexibility index (Phi) is 6.41. The fourth-order valence-corrected chi connectivity index (χ4v) is 1.86. The van der Waals surface area contributed by atoms with Crippen molar-refractivity contribution in [1.29, 1.82) is 0 Å². The van der Waals surface area contributed by atoms with Crippen molar-refractivity contribution in [3.63, 3.8) is 0 Å². The van der Waals surface area contributed by atoms with Gasteiger partial charge in [-0.1, -0.05) is 26.0 Å². The lowest BCUT2D eigenvalue weighted by atomic mass is 9.95. The Morgan fingerprint density at radius 1 is 1.30 bits per heavy atom. The number of benzene rings is 1. The maximum absolute atomic E-state index is 13.0. The van der Waals surface area contributed by atoms with E-state index in [4.69, 9.17) is 19.9 Å². The Balaban J connectivity index is 3.01. The van der Waals surface area contributed by atoms with Crippen LogP contribution in [0.5, 0.6) is 0 Å². The maximum atomic E-state index is 13.0. The normalized spacial score (nSPS) is 14.1. The second kappa shape index (κ2) is 7.81. The minimum Gasteiger partial charge on any atom is -0.443 e. The molecule has 6 heteroatoms. The van der Waals surface area contributed by atoms with Crippen molar-refractivity contribution in [1.82, 2.24) is 0 Å². The van der Waals surface area contributed by atoms with E-state index in [1.54, 1.807) is 12.1 Å². The van der Waals surface area contributed by atoms with Crippen LogP contribution in [0.25, 0.3) is 0 Å². The summed E-state index contributed by atoms with van der Waals surface area (Å²) in [6, 6.07) is 5.80. The van der Waals surface area contributed by atoms with Crippen LogP contribution in [0.15, 0.2) is 24.3 Å². The van der Waals surface area contributed by atoms with Crippen LogP contribution < -0.4 is 5.73 Å². The van der Waals surface area contributed by atoms with Crippen molar-refractivity contribution in [3.05, 3.63) is 35.6 Å². The van der Waals surface area contributed by atoms with Crippen LogP contribution in [0, 0.1) is 11.7 Å². The molecule has 1 rings (SSSR count). The summed E-state index contributed by atoms with van der Waals surface area (Å²) >= 11 is 0. The number of primary amides is 1. The molecular formula is C14H20FNO4. The van der Waals surface area contributed by atoms with E-state index in [1.807, 2.05) is 13.8 Å². The van der Waals surface area contributed by atoms with Gasteiger partial charge in [-0.05, 0) is 23.6 Å². The van der Waals surface area contributed by atoms with E-state index < -0.39 is 18.3 Å². The second-order valence-electron chi connectivity index (χ2n) is 4.69. The molecular weight excluding hydrogens is 265 g/mol. The smallest absolute Gasteiger partial charge is 0.404 e. The summed E-state index contributed by atoms with van der Waals surface area (Å²) in [6.45, 7) is 3.77. The number of hydrogen-bond acceptors (Lipinski definition) is 4. The maximum Gasteiger partial charge on any atom is 0.404 e. The summed E-state index contributed by atoms with van der Waals surface area (Å²) in [6.07, 6.45) is -2.05. The number of methoxy groups -OCH3 is 1. The topological polar surface area (TPSA) is 70.8 Å². The lowest BCUT2D eigenvalue weighted by molar-refractivity contribution is -0.124. The molecule has 0 aliphatic carbocycles. The Bertz CT molecular complexity index is 422. The first-order valence-corrected chi connectivity index (χ1v) is 6.27. The minimum atomic E-state index is -0.878. The van der Waals surface area contributed by atoms with Gasteiger partial charge in [0.25, 0.3) is 0 Å². The van der Waals surface area contributed by atoms with Crippen molar-refractivity contribution in [3.8, 4) is 0 Å². The third-order valence-corrected chi connectivity index (χ3v) is 2.77. The Hall–Kier alpha value is -1.66. The highest BCUT2D eigenvalue weighted by Gasteiger charge is 2.30. The van der Waals surface area contributed by atoms with E-state index in [0.29, 0.717) is 5.56 Å². The molecule has 112 valence electrons. The van der Waals surface area contributed by atoms with Crippen molar-refractivity contribution < 1.29 is 23.4 Å². The molecule has 1 aromatic carbocycles. The van der Waals surface area contributed by atoms with Gasteiger partial charge < -0.3 is 19.9 Å². The monoisotopic (exact) mass is 285 g/mol. The minimum absolute atomic E-state index is 0.0212. The molecule has 0 spiro atoms. The molecule has 1 aromatic rings. The summed E-state index contributed by atoms with van der Waals surface area (Å²) < 4.78 is 28.6. The van der Waals surface area contributed by atoms with E-state index in [-0.39, 0.29) is 18.5 Å². The molecule has 5 nitrogen and oxygen atoms in total. The first-order chi connectivity index (χ1) is 9.45. The summed E-state index contributed by atoms with van der Waals surface area (Å²) in [5, 5.41) is 0. The zero-order valence-corrected chi connectivity index (χ0v) is 11.8. The summed E-state index contributed by atoms with van der Waals surface area (Å²) in [7, 11) is 1.49. The van der Waals surface area contributed by atoms with E-state index in [2.05, 4.69) is 0 Å². The van der Waals surface area contributed by atoms with Crippen LogP contribution >= 0.6 is 0 Å². The van der Waals surface area contributed by atoms with Crippen molar-refractivity contribution in [2.24, 2.45) is 11.7 Å². The molecule has 0 bridgehead atoms. The first-order valence-electron chi connectivity index (χ1n) is 6.27. The molecule has 0 saturated carbocycles. The van der Waals surface area contributed by atoms with Gasteiger partial charge in [-0.15, -0.1) is 0 Å². The highest BCUT2D eigenvalue weighted by Crippen LogP contribution is 2.28. The van der Waals surface area contributed by atoms with Crippen LogP contribution in [0.3, 0.4) is 0 Å². The number of carbonyl (C=O) groups is 1. The van der Waals surface area contributed by atoms with Gasteiger partial charge in [-0.2, -0.15) is 0 Å². The van der Waals surface area contributed by atoms with Gasteiger partial charge in [-0.25, -0.2) is 9.18 Å². The molecule has 0 aromatic heterocycles. The number of rotatable bonds is 7. The Morgan fingerprint density at radius 2 is 1.90 bits per heavy atom. The Morgan fingerprint density at radius 3 is 2.35 bits per heavy atom. The van der Waals surface area contributed by atoms with Crippen molar-refractivity contribution in [2.75, 3.05) is 13.9 Å². The van der Waals surface area contributed by atoms with E-state index >= 15 is 0 Å². The van der Waals surface area contributed by atoms with Crippen LogP contribution in [0.2, 0.25) is 0 Å². The standard InChI is InChI=1S/C14H20FNO4/c1-9(2)12(20-14(16)17)13(19-8-18-3)10-4-6-11(15)7-5-10/h4-7,9,12-13H,8H2,1-3H3,(H2,16,17). The number of nitrogens with two attached hydrogens (primary N) is 1. The molecule has 0 heterocycles. The fourth-order valence-electron chi connectivity index (χ4n) is 1.86. The van der Waals surface area contributed by atoms with Gasteiger partial charge in [0.1, 0.15) is 24.8 Å². The number of carbonyl (C=O) groups excluding carboxylic acids is 1. The third-order valence-electron chi connectivity index (χ3n) is 2.77. The molecule has 1 amide bonds. The molecule has 2 atom stereocenters. The molecule has 2 N–H and O–H groups in total. The summed E-state index contributed by atoms with van der Waals surface area (Å²) in [4.78, 5) is 11.0. The van der Waals surface area contributed by atoms with Gasteiger partial charge in [0, 0.05) is 7.11 Å². The van der Waals surface area contributed by atoms with E-state index in [1.165, 1.54) is 19.2 Å². The quantitative estimate of drug-likeness (QED) is 0.782. The van der Waals surface area contributed by atoms with Gasteiger partial charge >= 0.3 is 6.09 Å². The number of halogens is 1. The largest absolute Gasteiger partial charge is 0.443 e. The van der Waals surface area contributed by atoms with Crippen LogP contribution in [0.1, 0.15) is 25.5 Å². The molecule has 0 radical (unpaired) electrons. The van der Waals surface area contributed by atoms with Crippen LogP contribution in [0.4, 0.5) is 9.18 Å². The van der Waals surface area contributed by atoms with Gasteiger partial charge in [0.15, 0.2) is 0 Å². The molecule has 2 unspecified atom stereocenters. The molecule has 20 heavy (non-hydrogen) atoms. The molecule has 0 fully saturated rings. The molecule has 0 aliphatic heterocycles. The lowest BCUT2D eigenvalue weighted by Gasteiger charge is -2.29. The molecule has 0 saturated heterocycles. The second-order valence-corrected chi connectivity index (χ2v) is 4.69. The predicted molar refractivity (Wildman–Crippen MR) is 71.4 cm³/mol. The van der Waals surface area contributed by atoms with E-state index in [0.717, 1.165) is 0 Å². The SMILES string of the molecule is COCOC(c1ccc(F)cc1)C(OC(N)=O)C(C)C. The van der Waals surface area contributed by atoms with E-state index in [9.17, 15) is 9.18 Å². The highest BCUT2D eigenvalue weighted by atomic mass is 19.1. The lowest BCUT2D eigenvalue weighted by Crippen LogP contribution is -2.34. The average molecular weight is 285 g/mol. The molecule has 0 aliphatic rings. The van der Waals surface area contributed by atoms with Crippen molar-refractivity contribution in [2.45, 2.75) is 26.1 Å². The number of hydrogen-bond donors (Lipinski definition) is 1. The predicted octanol–water partition coefficient (Wildman–Crippen LogP) is 2.61. The summed E-state index contributed by atoms with van der Waals surface area (Å²) in [5.74, 6) is -0.384. The summed E-state index contributed by atoms with van der Waals surface area (Å²) in [5.41, 5.74) is 5.78. The number of ether oxygens (including phenoxy) is 3. The first kappa shape index (κ1) is 16.4.